The number of rotatable bonds is 29. The van der Waals surface area contributed by atoms with Gasteiger partial charge in [-0.2, -0.15) is 10.1 Å². The van der Waals surface area contributed by atoms with E-state index in [1.807, 2.05) is 59.0 Å². The highest BCUT2D eigenvalue weighted by Gasteiger charge is 2.66. The molecule has 13 rings (SSSR count). The second-order valence-electron chi connectivity index (χ2n) is 28.5. The van der Waals surface area contributed by atoms with Crippen molar-refractivity contribution in [3.05, 3.63) is 131 Å². The molecule has 4 bridgehead atoms. The maximum Gasteiger partial charge on any atom is 0.410 e. The van der Waals surface area contributed by atoms with Crippen molar-refractivity contribution in [1.29, 1.82) is 0 Å². The van der Waals surface area contributed by atoms with E-state index in [0.29, 0.717) is 143 Å². The molecule has 524 valence electrons. The van der Waals surface area contributed by atoms with Crippen LogP contribution in [0.3, 0.4) is 0 Å². The summed E-state index contributed by atoms with van der Waals surface area (Å²) in [4.78, 5) is 129. The molecular weight excluding hydrogens is 1300 g/mol. The number of unbranched alkanes of at least 4 members (excludes halogenated alkanes) is 2. The number of hydrogen-bond donors (Lipinski definition) is 6. The van der Waals surface area contributed by atoms with Gasteiger partial charge >= 0.3 is 19.7 Å². The van der Waals surface area contributed by atoms with Gasteiger partial charge in [-0.3, -0.25) is 48.3 Å². The minimum absolute atomic E-state index is 0.0122. The van der Waals surface area contributed by atoms with Gasteiger partial charge in [0.25, 0.3) is 17.7 Å². The summed E-state index contributed by atoms with van der Waals surface area (Å²) in [5.41, 5.74) is 5.71. The molecule has 0 spiro atoms. The monoisotopic (exact) mass is 1390 g/mol. The van der Waals surface area contributed by atoms with Gasteiger partial charge in [0.15, 0.2) is 16.5 Å². The molecule has 6 N–H and O–H groups in total. The molecule has 2 unspecified atom stereocenters. The molecule has 2 atom stereocenters. The Labute approximate surface area is 579 Å². The molecule has 99 heavy (non-hydrogen) atoms. The lowest BCUT2D eigenvalue weighted by molar-refractivity contribution is -0.249. The number of hydrogen-bond acceptors (Lipinski definition) is 17. The smallest absolute Gasteiger partial charge is 0.410 e. The molecular formula is C72H87N12O13PS. The van der Waals surface area contributed by atoms with Crippen LogP contribution in [0.5, 0.6) is 0 Å². The van der Waals surface area contributed by atoms with E-state index in [9.17, 15) is 53.0 Å². The number of carbonyl (C=O) groups excluding carboxylic acids is 6. The number of fused-ring (bicyclic) bond motifs is 2. The van der Waals surface area contributed by atoms with E-state index in [4.69, 9.17) is 19.6 Å². The molecule has 4 aliphatic carbocycles. The van der Waals surface area contributed by atoms with E-state index in [1.165, 1.54) is 28.4 Å². The summed E-state index contributed by atoms with van der Waals surface area (Å²) >= 11 is 1.35. The number of carboxylic acids is 1. The first kappa shape index (κ1) is 70.3. The van der Waals surface area contributed by atoms with Crippen LogP contribution in [-0.2, 0) is 52.7 Å². The van der Waals surface area contributed by atoms with Gasteiger partial charge in [-0.1, -0.05) is 61.9 Å². The number of pyridine rings is 2. The minimum Gasteiger partial charge on any atom is -0.476 e. The van der Waals surface area contributed by atoms with Gasteiger partial charge in [-0.05, 0) is 172 Å². The Morgan fingerprint density at radius 3 is 2.36 bits per heavy atom. The SMILES string of the molecule is Cc1c(-c2ccc(N3CCc4cccc(C(=O)Nc5nc6ncccc6s5)c4C3)nc2C(=O)O)cnn1CC12CC3(C)CC(C)(C1)CC(OCCN(CCCP(=O)(O)O)C1CCN(C(=O)OC/C=C/c4cccc(NC(=O)CCNC(=O)CCCCCN5C(=O)C=CC5=O)c4)CC1)(C3)C2. The number of likely N-dealkylation sites (tertiary alicyclic amines) is 1. The molecule has 4 saturated carbocycles. The highest BCUT2D eigenvalue weighted by molar-refractivity contribution is 7.51. The maximum absolute atomic E-state index is 13.8. The first-order chi connectivity index (χ1) is 47.4. The fraction of sp³-hybridized carbons (Fsp3) is 0.486. The lowest BCUT2D eigenvalue weighted by atomic mass is 9.39. The Balaban J connectivity index is 0.620. The number of thiazole rings is 1. The Morgan fingerprint density at radius 1 is 0.828 bits per heavy atom. The number of carboxylic acid groups (broad SMARTS) is 1. The average Bonchev–Trinajstić information content (AvgIpc) is 1.00. The number of amides is 6. The van der Waals surface area contributed by atoms with Crippen molar-refractivity contribution in [2.75, 3.05) is 80.7 Å². The number of ether oxygens (including phenoxy) is 2. The molecule has 6 aromatic rings. The summed E-state index contributed by atoms with van der Waals surface area (Å²) in [6.07, 6.45) is 19.0. The van der Waals surface area contributed by atoms with E-state index >= 15 is 0 Å². The van der Waals surface area contributed by atoms with Gasteiger partial charge in [0, 0.05) is 118 Å². The number of imide groups is 1. The average molecular weight is 1390 g/mol. The summed E-state index contributed by atoms with van der Waals surface area (Å²) in [6, 6.07) is 20.4. The molecule has 0 radical (unpaired) electrons. The number of benzene rings is 2. The molecule has 6 amide bonds. The number of aromatic carboxylic acids is 1. The summed E-state index contributed by atoms with van der Waals surface area (Å²) in [6.45, 7) is 11.2. The van der Waals surface area contributed by atoms with Crippen LogP contribution in [-0.4, -0.2) is 173 Å². The molecule has 2 aromatic carbocycles. The second kappa shape index (κ2) is 29.7. The normalized spacial score (nSPS) is 22.1. The Hall–Kier alpha value is -8.52. The largest absolute Gasteiger partial charge is 0.476 e. The highest BCUT2D eigenvalue weighted by Crippen LogP contribution is 2.72. The van der Waals surface area contributed by atoms with Crippen molar-refractivity contribution in [1.82, 2.24) is 44.7 Å². The molecule has 4 aromatic heterocycles. The van der Waals surface area contributed by atoms with E-state index in [0.717, 1.165) is 65.6 Å². The zero-order chi connectivity index (χ0) is 69.7. The predicted molar refractivity (Wildman–Crippen MR) is 374 cm³/mol. The molecule has 25 nitrogen and oxygen atoms in total. The molecule has 3 aliphatic heterocycles. The minimum atomic E-state index is -4.24. The van der Waals surface area contributed by atoms with Crippen LogP contribution in [0.4, 0.5) is 21.4 Å². The summed E-state index contributed by atoms with van der Waals surface area (Å²) in [5.74, 6) is -2.03. The molecule has 27 heteroatoms. The zero-order valence-corrected chi connectivity index (χ0v) is 58.0. The van der Waals surface area contributed by atoms with E-state index in [-0.39, 0.29) is 89.7 Å². The summed E-state index contributed by atoms with van der Waals surface area (Å²) < 4.78 is 27.9. The Kier molecular flexibility index (Phi) is 21.1. The second-order valence-corrected chi connectivity index (χ2v) is 31.3. The number of aromatic nitrogens is 5. The third-order valence-electron chi connectivity index (χ3n) is 20.4. The zero-order valence-electron chi connectivity index (χ0n) is 56.3. The van der Waals surface area contributed by atoms with Gasteiger partial charge in [0.1, 0.15) is 12.4 Å². The number of nitrogens with one attached hydrogen (secondary N) is 3. The van der Waals surface area contributed by atoms with Crippen molar-refractivity contribution in [2.24, 2.45) is 16.2 Å². The fourth-order valence-corrected chi connectivity index (χ4v) is 18.6. The van der Waals surface area contributed by atoms with Crippen LogP contribution in [0.15, 0.2) is 97.4 Å². The topological polar surface area (TPSA) is 321 Å². The number of anilines is 3. The van der Waals surface area contributed by atoms with Gasteiger partial charge in [0.2, 0.25) is 11.8 Å². The third kappa shape index (κ3) is 17.0. The van der Waals surface area contributed by atoms with Crippen molar-refractivity contribution in [3.63, 3.8) is 0 Å². The van der Waals surface area contributed by atoms with E-state index in [1.54, 1.807) is 53.7 Å². The summed E-state index contributed by atoms with van der Waals surface area (Å²) in [7, 11) is -4.24. The number of carbonyl (C=O) groups is 7. The van der Waals surface area contributed by atoms with Gasteiger partial charge < -0.3 is 44.8 Å². The van der Waals surface area contributed by atoms with Crippen molar-refractivity contribution in [2.45, 2.75) is 142 Å². The van der Waals surface area contributed by atoms with Crippen LogP contribution in [0.25, 0.3) is 27.6 Å². The van der Waals surface area contributed by atoms with Crippen LogP contribution >= 0.6 is 18.9 Å². The van der Waals surface area contributed by atoms with Crippen molar-refractivity contribution < 1.29 is 62.5 Å². The van der Waals surface area contributed by atoms with Gasteiger partial charge in [0.05, 0.1) is 29.3 Å². The molecule has 5 fully saturated rings. The maximum atomic E-state index is 13.8. The lowest BCUT2D eigenvalue weighted by Crippen LogP contribution is -2.64. The number of nitrogens with zero attached hydrogens (tertiary/aromatic N) is 9. The van der Waals surface area contributed by atoms with E-state index < -0.39 is 25.3 Å². The first-order valence-corrected chi connectivity index (χ1v) is 36.9. The van der Waals surface area contributed by atoms with Gasteiger partial charge in [-0.15, -0.1) is 0 Å². The standard InChI is InChI=1S/C72H87N12O13PS/c1-48-55(53-19-20-58(77-63(53)66(90)91)82-31-24-50-14-8-16-54(56(50)40-82)65(89)79-67-78-64-57(99-67)17-9-27-74-64)39-75-84(48)47-71-42-69(2)41-70(3,43-71)45-72(44-69,46-71)97-36-34-80(29-11-37-98(93,94)95)52-25-32-81(33-26-52)68(92)96-35-10-13-49-12-7-15-51(38-49)76-60(86)23-28-73-59(85)18-5-4-6-30-83-61(87)21-22-62(83)88/h7-10,12-17,19-22,27,38-39,52H,4-6,11,18,23-26,28-37,40-47H2,1-3H3,(H,73,85)(H,76,86)(H,90,91)(H2,93,94,95)(H,74,78,79,89)/b13-10+. The van der Waals surface area contributed by atoms with Crippen LogP contribution in [0.2, 0.25) is 0 Å². The Bertz CT molecular complexity index is 4110. The number of piperidine rings is 1. The Morgan fingerprint density at radius 2 is 1.61 bits per heavy atom. The third-order valence-corrected chi connectivity index (χ3v) is 22.2. The first-order valence-electron chi connectivity index (χ1n) is 34.3. The van der Waals surface area contributed by atoms with Crippen molar-refractivity contribution in [3.8, 4) is 11.1 Å². The predicted octanol–water partition coefficient (Wildman–Crippen LogP) is 10.0. The van der Waals surface area contributed by atoms with Crippen LogP contribution in [0, 0.1) is 23.2 Å². The highest BCUT2D eigenvalue weighted by atomic mass is 32.1. The lowest BCUT2D eigenvalue weighted by Gasteiger charge is -2.69. The molecule has 7 aliphatic rings. The molecule has 1 saturated heterocycles. The van der Waals surface area contributed by atoms with Crippen molar-refractivity contribution >= 4 is 93.6 Å². The van der Waals surface area contributed by atoms with Crippen LogP contribution in [0.1, 0.15) is 147 Å². The van der Waals surface area contributed by atoms with Gasteiger partial charge in [-0.25, -0.2) is 19.6 Å². The molecule has 7 heterocycles. The van der Waals surface area contributed by atoms with Crippen LogP contribution < -0.4 is 20.9 Å². The summed E-state index contributed by atoms with van der Waals surface area (Å²) in [5, 5.41) is 24.8. The quantitative estimate of drug-likeness (QED) is 0.0144. The fourth-order valence-electron chi connectivity index (χ4n) is 17.2. The van der Waals surface area contributed by atoms with E-state index in [2.05, 4.69) is 44.7 Å².